The molecule has 0 radical (unpaired) electrons. The summed E-state index contributed by atoms with van der Waals surface area (Å²) in [6.45, 7) is 3.85. The SMILES string of the molecule is Cc1ncc(-c2ccc(-c3ccc4c(c3)CCc3c-4ccc4[nH]c(C)nc34)cc2F)[nH]1. The molecule has 3 aromatic carbocycles. The van der Waals surface area contributed by atoms with Crippen LogP contribution in [0.5, 0.6) is 0 Å². The van der Waals surface area contributed by atoms with E-state index in [0.29, 0.717) is 11.3 Å². The molecule has 0 spiro atoms. The van der Waals surface area contributed by atoms with Gasteiger partial charge >= 0.3 is 0 Å². The van der Waals surface area contributed by atoms with Crippen LogP contribution in [0.15, 0.2) is 54.7 Å². The minimum atomic E-state index is -0.250. The van der Waals surface area contributed by atoms with Crippen LogP contribution >= 0.6 is 0 Å². The Kier molecular flexibility index (Phi) is 3.87. The largest absolute Gasteiger partial charge is 0.342 e. The summed E-state index contributed by atoms with van der Waals surface area (Å²) in [5, 5.41) is 0. The minimum Gasteiger partial charge on any atom is -0.342 e. The van der Waals surface area contributed by atoms with Crippen LogP contribution in [-0.4, -0.2) is 19.9 Å². The summed E-state index contributed by atoms with van der Waals surface area (Å²) in [5.41, 5.74) is 10.4. The molecule has 0 unspecified atom stereocenters. The Labute approximate surface area is 179 Å². The smallest absolute Gasteiger partial charge is 0.133 e. The maximum atomic E-state index is 14.9. The Hall–Kier alpha value is -3.73. The second-order valence-corrected chi connectivity index (χ2v) is 8.26. The fourth-order valence-electron chi connectivity index (χ4n) is 4.73. The molecule has 0 bridgehead atoms. The highest BCUT2D eigenvalue weighted by Crippen LogP contribution is 2.39. The van der Waals surface area contributed by atoms with Crippen molar-refractivity contribution in [1.29, 1.82) is 0 Å². The zero-order valence-corrected chi connectivity index (χ0v) is 17.4. The van der Waals surface area contributed by atoms with E-state index in [2.05, 4.69) is 45.3 Å². The van der Waals surface area contributed by atoms with Crippen LogP contribution in [0.2, 0.25) is 0 Å². The van der Waals surface area contributed by atoms with Crippen molar-refractivity contribution in [1.82, 2.24) is 19.9 Å². The van der Waals surface area contributed by atoms with Gasteiger partial charge in [0.15, 0.2) is 0 Å². The van der Waals surface area contributed by atoms with Gasteiger partial charge in [-0.05, 0) is 78.3 Å². The molecule has 0 saturated carbocycles. The van der Waals surface area contributed by atoms with E-state index in [9.17, 15) is 4.39 Å². The summed E-state index contributed by atoms with van der Waals surface area (Å²) in [4.78, 5) is 15.3. The van der Waals surface area contributed by atoms with E-state index in [0.717, 1.165) is 46.7 Å². The topological polar surface area (TPSA) is 57.4 Å². The molecule has 2 heterocycles. The Bertz CT molecular complexity index is 1470. The molecule has 4 nitrogen and oxygen atoms in total. The zero-order chi connectivity index (χ0) is 21.1. The number of nitrogens with zero attached hydrogens (tertiary/aromatic N) is 2. The molecule has 1 aliphatic rings. The van der Waals surface area contributed by atoms with Crippen molar-refractivity contribution in [3.05, 3.63) is 83.3 Å². The molecular formula is C26H21FN4. The number of nitrogens with one attached hydrogen (secondary N) is 2. The van der Waals surface area contributed by atoms with E-state index in [1.54, 1.807) is 12.3 Å². The van der Waals surface area contributed by atoms with Crippen LogP contribution in [0, 0.1) is 19.7 Å². The van der Waals surface area contributed by atoms with Gasteiger partial charge in [-0.3, -0.25) is 0 Å². The lowest BCUT2D eigenvalue weighted by Gasteiger charge is -2.21. The van der Waals surface area contributed by atoms with E-state index in [1.165, 1.54) is 22.3 Å². The standard InChI is InChI=1S/C26H21FN4/c1-14-28-13-25(29-14)22-8-4-17(12-23(22)27)16-3-6-19-18(11-16)5-7-21-20(19)9-10-24-26(21)31-15(2)30-24/h3-4,6,8-13H,5,7H2,1-2H3,(H,28,29)(H,30,31). The molecule has 0 saturated heterocycles. The highest BCUT2D eigenvalue weighted by Gasteiger charge is 2.20. The predicted octanol–water partition coefficient (Wildman–Crippen LogP) is 6.14. The van der Waals surface area contributed by atoms with E-state index < -0.39 is 0 Å². The number of rotatable bonds is 2. The number of halogens is 1. The third kappa shape index (κ3) is 2.88. The van der Waals surface area contributed by atoms with Crippen molar-refractivity contribution >= 4 is 11.0 Å². The van der Waals surface area contributed by atoms with Gasteiger partial charge in [0.25, 0.3) is 0 Å². The maximum Gasteiger partial charge on any atom is 0.133 e. The number of aryl methyl sites for hydroxylation is 4. The number of aromatic amines is 2. The highest BCUT2D eigenvalue weighted by molar-refractivity contribution is 5.89. The normalized spacial score (nSPS) is 12.7. The molecule has 1 aliphatic carbocycles. The Morgan fingerprint density at radius 3 is 2.35 bits per heavy atom. The Morgan fingerprint density at radius 2 is 1.58 bits per heavy atom. The fraction of sp³-hybridized carbons (Fsp3) is 0.154. The lowest BCUT2D eigenvalue weighted by atomic mass is 9.83. The van der Waals surface area contributed by atoms with Gasteiger partial charge in [0.2, 0.25) is 0 Å². The van der Waals surface area contributed by atoms with E-state index >= 15 is 0 Å². The number of fused-ring (bicyclic) bond motifs is 5. The number of hydrogen-bond acceptors (Lipinski definition) is 2. The van der Waals surface area contributed by atoms with Gasteiger partial charge in [-0.25, -0.2) is 14.4 Å². The number of H-pyrrole nitrogens is 2. The van der Waals surface area contributed by atoms with Gasteiger partial charge in [0, 0.05) is 5.56 Å². The number of hydrogen-bond donors (Lipinski definition) is 2. The van der Waals surface area contributed by atoms with Gasteiger partial charge < -0.3 is 9.97 Å². The summed E-state index contributed by atoms with van der Waals surface area (Å²) in [5.74, 6) is 1.47. The number of benzene rings is 3. The molecule has 2 aromatic heterocycles. The van der Waals surface area contributed by atoms with Crippen LogP contribution in [0.25, 0.3) is 44.5 Å². The van der Waals surface area contributed by atoms with Crippen molar-refractivity contribution < 1.29 is 4.39 Å². The van der Waals surface area contributed by atoms with Crippen molar-refractivity contribution in [2.24, 2.45) is 0 Å². The summed E-state index contributed by atoms with van der Waals surface area (Å²) >= 11 is 0. The lowest BCUT2D eigenvalue weighted by Crippen LogP contribution is -2.05. The maximum absolute atomic E-state index is 14.9. The van der Waals surface area contributed by atoms with E-state index in [4.69, 9.17) is 4.98 Å². The van der Waals surface area contributed by atoms with Crippen LogP contribution in [-0.2, 0) is 12.8 Å². The van der Waals surface area contributed by atoms with Gasteiger partial charge in [0.05, 0.1) is 22.9 Å². The average molecular weight is 408 g/mol. The lowest BCUT2D eigenvalue weighted by molar-refractivity contribution is 0.631. The average Bonchev–Trinajstić information content (AvgIpc) is 3.37. The Balaban J connectivity index is 1.40. The molecule has 152 valence electrons. The first kappa shape index (κ1) is 18.1. The number of aromatic nitrogens is 4. The van der Waals surface area contributed by atoms with Crippen molar-refractivity contribution in [3.63, 3.8) is 0 Å². The quantitative estimate of drug-likeness (QED) is 0.368. The van der Waals surface area contributed by atoms with Gasteiger partial charge in [-0.1, -0.05) is 30.3 Å². The summed E-state index contributed by atoms with van der Waals surface area (Å²) < 4.78 is 14.9. The second kappa shape index (κ2) is 6.64. The molecule has 2 N–H and O–H groups in total. The molecule has 31 heavy (non-hydrogen) atoms. The molecule has 0 aliphatic heterocycles. The first-order valence-electron chi connectivity index (χ1n) is 10.5. The molecule has 0 fully saturated rings. The summed E-state index contributed by atoms with van der Waals surface area (Å²) in [6, 6.07) is 16.2. The van der Waals surface area contributed by atoms with Crippen molar-refractivity contribution in [3.8, 4) is 33.5 Å². The Morgan fingerprint density at radius 1 is 0.806 bits per heavy atom. The first-order chi connectivity index (χ1) is 15.1. The summed E-state index contributed by atoms with van der Waals surface area (Å²) in [6.07, 6.45) is 3.58. The van der Waals surface area contributed by atoms with Gasteiger partial charge in [-0.15, -0.1) is 0 Å². The van der Waals surface area contributed by atoms with E-state index in [1.807, 2.05) is 26.0 Å². The molecule has 0 amide bonds. The third-order valence-corrected chi connectivity index (χ3v) is 6.21. The van der Waals surface area contributed by atoms with Gasteiger partial charge in [0.1, 0.15) is 17.5 Å². The molecular weight excluding hydrogens is 387 g/mol. The molecule has 6 rings (SSSR count). The van der Waals surface area contributed by atoms with Crippen LogP contribution < -0.4 is 0 Å². The van der Waals surface area contributed by atoms with Crippen molar-refractivity contribution in [2.45, 2.75) is 26.7 Å². The predicted molar refractivity (Wildman–Crippen MR) is 121 cm³/mol. The monoisotopic (exact) mass is 408 g/mol. The zero-order valence-electron chi connectivity index (χ0n) is 17.4. The minimum absolute atomic E-state index is 0.250. The molecule has 0 atom stereocenters. The first-order valence-corrected chi connectivity index (χ1v) is 10.5. The number of imidazole rings is 2. The highest BCUT2D eigenvalue weighted by atomic mass is 19.1. The molecule has 5 aromatic rings. The van der Waals surface area contributed by atoms with Gasteiger partial charge in [-0.2, -0.15) is 0 Å². The van der Waals surface area contributed by atoms with E-state index in [-0.39, 0.29) is 5.82 Å². The summed E-state index contributed by atoms with van der Waals surface area (Å²) in [7, 11) is 0. The van der Waals surface area contributed by atoms with Crippen LogP contribution in [0.3, 0.4) is 0 Å². The van der Waals surface area contributed by atoms with Crippen LogP contribution in [0.4, 0.5) is 4.39 Å². The van der Waals surface area contributed by atoms with Crippen LogP contribution in [0.1, 0.15) is 22.8 Å². The van der Waals surface area contributed by atoms with Crippen molar-refractivity contribution in [2.75, 3.05) is 0 Å². The molecule has 5 heteroatoms. The second-order valence-electron chi connectivity index (χ2n) is 8.26. The third-order valence-electron chi connectivity index (χ3n) is 6.21. The fourth-order valence-corrected chi connectivity index (χ4v) is 4.73.